The molecule has 16 heavy (non-hydrogen) atoms. The van der Waals surface area contributed by atoms with Crippen molar-refractivity contribution in [3.05, 3.63) is 20.8 Å². The predicted molar refractivity (Wildman–Crippen MR) is 75.9 cm³/mol. The van der Waals surface area contributed by atoms with Gasteiger partial charge < -0.3 is 10.6 Å². The van der Waals surface area contributed by atoms with Crippen LogP contribution in [0.4, 0.5) is 0 Å². The summed E-state index contributed by atoms with van der Waals surface area (Å²) in [5.74, 6) is 0. The van der Waals surface area contributed by atoms with Crippen molar-refractivity contribution in [1.29, 1.82) is 0 Å². The lowest BCUT2D eigenvalue weighted by atomic mass is 9.97. The van der Waals surface area contributed by atoms with E-state index in [9.17, 15) is 0 Å². The second-order valence-corrected chi connectivity index (χ2v) is 7.13. The molecule has 0 aromatic carbocycles. The molecule has 4 heteroatoms. The fraction of sp³-hybridized carbons (Fsp3) is 0.667. The summed E-state index contributed by atoms with van der Waals surface area (Å²) in [6.45, 7) is 6.23. The van der Waals surface area contributed by atoms with Crippen LogP contribution in [0.5, 0.6) is 0 Å². The minimum Gasteiger partial charge on any atom is -0.324 e. The third-order valence-corrected chi connectivity index (χ3v) is 4.08. The van der Waals surface area contributed by atoms with Crippen molar-refractivity contribution in [1.82, 2.24) is 4.90 Å². The highest BCUT2D eigenvalue weighted by Gasteiger charge is 2.19. The summed E-state index contributed by atoms with van der Waals surface area (Å²) in [6.07, 6.45) is 2.22. The lowest BCUT2D eigenvalue weighted by Crippen LogP contribution is -2.46. The van der Waals surface area contributed by atoms with Crippen LogP contribution in [0.25, 0.3) is 0 Å². The second-order valence-electron chi connectivity index (χ2n) is 4.84. The largest absolute Gasteiger partial charge is 0.324 e. The van der Waals surface area contributed by atoms with Gasteiger partial charge in [-0.15, -0.1) is 11.3 Å². The molecule has 0 bridgehead atoms. The smallest absolute Gasteiger partial charge is 0.0701 e. The van der Waals surface area contributed by atoms with Gasteiger partial charge in [0.05, 0.1) is 3.79 Å². The van der Waals surface area contributed by atoms with Crippen molar-refractivity contribution < 1.29 is 0 Å². The van der Waals surface area contributed by atoms with Crippen LogP contribution in [0.1, 0.15) is 32.3 Å². The van der Waals surface area contributed by atoms with E-state index < -0.39 is 0 Å². The quantitative estimate of drug-likeness (QED) is 0.872. The Morgan fingerprint density at radius 3 is 2.75 bits per heavy atom. The van der Waals surface area contributed by atoms with Gasteiger partial charge in [0.25, 0.3) is 0 Å². The third kappa shape index (κ3) is 4.95. The number of halogens is 1. The molecule has 0 aliphatic rings. The number of hydrogen-bond acceptors (Lipinski definition) is 3. The standard InChI is InChI=1S/C12H21BrN2S/c1-4-5-12(2,14)9-15(3)7-10-6-11(13)16-8-10/h6,8H,4-5,7,9,14H2,1-3H3. The van der Waals surface area contributed by atoms with E-state index in [4.69, 9.17) is 5.73 Å². The van der Waals surface area contributed by atoms with Gasteiger partial charge in [0.15, 0.2) is 0 Å². The topological polar surface area (TPSA) is 29.3 Å². The van der Waals surface area contributed by atoms with Crippen LogP contribution in [0.3, 0.4) is 0 Å². The zero-order valence-electron chi connectivity index (χ0n) is 10.3. The van der Waals surface area contributed by atoms with Crippen molar-refractivity contribution in [2.75, 3.05) is 13.6 Å². The molecule has 0 aliphatic heterocycles. The summed E-state index contributed by atoms with van der Waals surface area (Å²) in [6, 6.07) is 2.18. The van der Waals surface area contributed by atoms with E-state index in [2.05, 4.69) is 53.2 Å². The molecule has 0 amide bonds. The summed E-state index contributed by atoms with van der Waals surface area (Å²) in [5.41, 5.74) is 7.52. The second kappa shape index (κ2) is 6.15. The van der Waals surface area contributed by atoms with Gasteiger partial charge in [0.2, 0.25) is 0 Å². The molecule has 2 N–H and O–H groups in total. The number of likely N-dealkylation sites (N-methyl/N-ethyl adjacent to an activating group) is 1. The Kier molecular flexibility index (Phi) is 5.44. The summed E-state index contributed by atoms with van der Waals surface area (Å²) in [4.78, 5) is 2.30. The van der Waals surface area contributed by atoms with Crippen molar-refractivity contribution >= 4 is 27.3 Å². The molecule has 0 saturated carbocycles. The van der Waals surface area contributed by atoms with Crippen molar-refractivity contribution in [3.8, 4) is 0 Å². The van der Waals surface area contributed by atoms with Gasteiger partial charge in [-0.1, -0.05) is 13.3 Å². The van der Waals surface area contributed by atoms with Crippen LogP contribution in [0.15, 0.2) is 15.2 Å². The molecule has 1 unspecified atom stereocenters. The van der Waals surface area contributed by atoms with Crippen LogP contribution in [-0.4, -0.2) is 24.0 Å². The fourth-order valence-electron chi connectivity index (χ4n) is 2.06. The van der Waals surface area contributed by atoms with Gasteiger partial charge in [-0.3, -0.25) is 0 Å². The first-order chi connectivity index (χ1) is 7.43. The molecule has 0 spiro atoms. The fourth-order valence-corrected chi connectivity index (χ4v) is 3.26. The number of hydrogen-bond donors (Lipinski definition) is 1. The monoisotopic (exact) mass is 304 g/mol. The molecular weight excluding hydrogens is 284 g/mol. The molecule has 1 aromatic heterocycles. The Hall–Kier alpha value is 0.100. The Morgan fingerprint density at radius 1 is 1.56 bits per heavy atom. The molecule has 1 heterocycles. The Labute approximate surface area is 111 Å². The van der Waals surface area contributed by atoms with Gasteiger partial charge in [0, 0.05) is 18.6 Å². The van der Waals surface area contributed by atoms with Gasteiger partial charge in [-0.2, -0.15) is 0 Å². The average Bonchev–Trinajstić information content (AvgIpc) is 2.49. The molecule has 0 radical (unpaired) electrons. The number of nitrogens with two attached hydrogens (primary N) is 1. The van der Waals surface area contributed by atoms with Crippen LogP contribution in [0, 0.1) is 0 Å². The summed E-state index contributed by atoms with van der Waals surface area (Å²) >= 11 is 5.22. The normalized spacial score (nSPS) is 15.4. The molecule has 2 nitrogen and oxygen atoms in total. The predicted octanol–water partition coefficient (Wildman–Crippen LogP) is 3.46. The van der Waals surface area contributed by atoms with Crippen LogP contribution in [-0.2, 0) is 6.54 Å². The molecular formula is C12H21BrN2S. The average molecular weight is 305 g/mol. The maximum atomic E-state index is 6.24. The van der Waals surface area contributed by atoms with Crippen molar-refractivity contribution in [3.63, 3.8) is 0 Å². The van der Waals surface area contributed by atoms with E-state index in [1.807, 2.05) is 0 Å². The van der Waals surface area contributed by atoms with E-state index in [1.165, 1.54) is 9.35 Å². The van der Waals surface area contributed by atoms with Gasteiger partial charge >= 0.3 is 0 Å². The lowest BCUT2D eigenvalue weighted by molar-refractivity contribution is 0.241. The van der Waals surface area contributed by atoms with Crippen molar-refractivity contribution in [2.45, 2.75) is 38.8 Å². The minimum absolute atomic E-state index is 0.0727. The summed E-state index contributed by atoms with van der Waals surface area (Å²) in [5, 5.41) is 2.19. The van der Waals surface area contributed by atoms with Gasteiger partial charge in [-0.25, -0.2) is 0 Å². The molecule has 1 atom stereocenters. The van der Waals surface area contributed by atoms with Crippen LogP contribution in [0.2, 0.25) is 0 Å². The first kappa shape index (κ1) is 14.2. The van der Waals surface area contributed by atoms with E-state index in [1.54, 1.807) is 11.3 Å². The molecule has 0 fully saturated rings. The van der Waals surface area contributed by atoms with E-state index in [0.29, 0.717) is 0 Å². The maximum absolute atomic E-state index is 6.24. The highest BCUT2D eigenvalue weighted by atomic mass is 79.9. The summed E-state index contributed by atoms with van der Waals surface area (Å²) < 4.78 is 1.19. The van der Waals surface area contributed by atoms with E-state index in [-0.39, 0.29) is 5.54 Å². The highest BCUT2D eigenvalue weighted by Crippen LogP contribution is 2.22. The Bertz CT molecular complexity index is 323. The molecule has 92 valence electrons. The first-order valence-corrected chi connectivity index (χ1v) is 7.30. The van der Waals surface area contributed by atoms with Gasteiger partial charge in [0.1, 0.15) is 0 Å². The first-order valence-electron chi connectivity index (χ1n) is 5.63. The molecule has 0 saturated heterocycles. The summed E-state index contributed by atoms with van der Waals surface area (Å²) in [7, 11) is 2.13. The van der Waals surface area contributed by atoms with E-state index in [0.717, 1.165) is 25.9 Å². The molecule has 1 aromatic rings. The van der Waals surface area contributed by atoms with Crippen LogP contribution >= 0.6 is 27.3 Å². The van der Waals surface area contributed by atoms with Crippen molar-refractivity contribution in [2.24, 2.45) is 5.73 Å². The van der Waals surface area contributed by atoms with E-state index >= 15 is 0 Å². The zero-order chi connectivity index (χ0) is 12.2. The Balaban J connectivity index is 2.44. The Morgan fingerprint density at radius 2 is 2.25 bits per heavy atom. The minimum atomic E-state index is -0.0727. The number of thiophene rings is 1. The SMILES string of the molecule is CCCC(C)(N)CN(C)Cc1csc(Br)c1. The van der Waals surface area contributed by atoms with Gasteiger partial charge in [-0.05, 0) is 53.3 Å². The highest BCUT2D eigenvalue weighted by molar-refractivity contribution is 9.11. The van der Waals surface area contributed by atoms with Crippen LogP contribution < -0.4 is 5.73 Å². The zero-order valence-corrected chi connectivity index (χ0v) is 12.7. The lowest BCUT2D eigenvalue weighted by Gasteiger charge is -2.29. The number of rotatable bonds is 6. The number of nitrogens with zero attached hydrogens (tertiary/aromatic N) is 1. The molecule has 0 aliphatic carbocycles. The maximum Gasteiger partial charge on any atom is 0.0701 e. The molecule has 1 rings (SSSR count). The third-order valence-electron chi connectivity index (χ3n) is 2.53.